The Morgan fingerprint density at radius 1 is 1.33 bits per heavy atom. The summed E-state index contributed by atoms with van der Waals surface area (Å²) in [5.74, 6) is 1.29. The number of carbonyl (C=O) groups excluding carboxylic acids is 1. The molecule has 6 heteroatoms. The molecular weight excluding hydrogens is 304 g/mol. The Morgan fingerprint density at radius 2 is 2.08 bits per heavy atom. The average Bonchev–Trinajstić information content (AvgIpc) is 3.17. The lowest BCUT2D eigenvalue weighted by atomic mass is 9.96. The lowest BCUT2D eigenvalue weighted by Gasteiger charge is -2.22. The van der Waals surface area contributed by atoms with Crippen molar-refractivity contribution in [2.75, 3.05) is 11.9 Å². The topological polar surface area (TPSA) is 71.3 Å². The lowest BCUT2D eigenvalue weighted by molar-refractivity contribution is -0.120. The number of hydrogen-bond acceptors (Lipinski definition) is 5. The zero-order valence-corrected chi connectivity index (χ0v) is 14.5. The van der Waals surface area contributed by atoms with E-state index in [4.69, 9.17) is 4.52 Å². The van der Waals surface area contributed by atoms with Gasteiger partial charge in [-0.1, -0.05) is 44.1 Å². The predicted octanol–water partition coefficient (Wildman–Crippen LogP) is 2.97. The summed E-state index contributed by atoms with van der Waals surface area (Å²) >= 11 is 0. The Labute approximate surface area is 142 Å². The second kappa shape index (κ2) is 6.73. The smallest absolute Gasteiger partial charge is 0.241 e. The molecule has 1 saturated heterocycles. The second-order valence-corrected chi connectivity index (χ2v) is 7.25. The van der Waals surface area contributed by atoms with Gasteiger partial charge in [0.2, 0.25) is 11.8 Å². The molecule has 128 valence electrons. The highest BCUT2D eigenvalue weighted by atomic mass is 16.5. The van der Waals surface area contributed by atoms with Gasteiger partial charge in [-0.2, -0.15) is 4.98 Å². The molecule has 0 bridgehead atoms. The Morgan fingerprint density at radius 3 is 2.75 bits per heavy atom. The number of anilines is 1. The van der Waals surface area contributed by atoms with Crippen LogP contribution in [0.2, 0.25) is 0 Å². The van der Waals surface area contributed by atoms with E-state index in [1.54, 1.807) is 0 Å². The van der Waals surface area contributed by atoms with Crippen molar-refractivity contribution >= 4 is 11.6 Å². The predicted molar refractivity (Wildman–Crippen MR) is 91.5 cm³/mol. The van der Waals surface area contributed by atoms with E-state index in [0.29, 0.717) is 18.3 Å². The summed E-state index contributed by atoms with van der Waals surface area (Å²) in [4.78, 5) is 19.1. The lowest BCUT2D eigenvalue weighted by Crippen LogP contribution is -2.39. The fourth-order valence-corrected chi connectivity index (χ4v) is 2.86. The van der Waals surface area contributed by atoms with Gasteiger partial charge in [0, 0.05) is 11.1 Å². The van der Waals surface area contributed by atoms with Gasteiger partial charge in [0.1, 0.15) is 0 Å². The molecule has 1 amide bonds. The third kappa shape index (κ3) is 3.82. The maximum absolute atomic E-state index is 12.6. The largest absolute Gasteiger partial charge is 0.338 e. The van der Waals surface area contributed by atoms with Gasteiger partial charge in [0.25, 0.3) is 0 Å². The zero-order chi connectivity index (χ0) is 17.2. The SMILES string of the molecule is CC(C)(C)c1noc(CN2CCC[C@H]2C(=O)Nc2ccccc2)n1. The molecule has 1 aromatic heterocycles. The number of hydrogen-bond donors (Lipinski definition) is 1. The van der Waals surface area contributed by atoms with Crippen LogP contribution < -0.4 is 5.32 Å². The number of rotatable bonds is 4. The fraction of sp³-hybridized carbons (Fsp3) is 0.500. The molecule has 0 radical (unpaired) electrons. The standard InChI is InChI=1S/C18H24N4O2/c1-18(2,3)17-20-15(24-21-17)12-22-11-7-10-14(22)16(23)19-13-8-5-4-6-9-13/h4-6,8-9,14H,7,10-12H2,1-3H3,(H,19,23)/t14-/m0/s1. The average molecular weight is 328 g/mol. The molecular formula is C18H24N4O2. The number of nitrogens with one attached hydrogen (secondary N) is 1. The quantitative estimate of drug-likeness (QED) is 0.934. The molecule has 1 atom stereocenters. The van der Waals surface area contributed by atoms with Crippen LogP contribution in [0, 0.1) is 0 Å². The number of para-hydroxylation sites is 1. The summed E-state index contributed by atoms with van der Waals surface area (Å²) in [7, 11) is 0. The van der Waals surface area contributed by atoms with Gasteiger partial charge in [-0.05, 0) is 31.5 Å². The summed E-state index contributed by atoms with van der Waals surface area (Å²) in [6.45, 7) is 7.52. The van der Waals surface area contributed by atoms with Crippen LogP contribution in [0.3, 0.4) is 0 Å². The van der Waals surface area contributed by atoms with Gasteiger partial charge in [-0.25, -0.2) is 0 Å². The molecule has 24 heavy (non-hydrogen) atoms. The Balaban J connectivity index is 1.65. The van der Waals surface area contributed by atoms with E-state index >= 15 is 0 Å². The van der Waals surface area contributed by atoms with Gasteiger partial charge in [0.15, 0.2) is 5.82 Å². The van der Waals surface area contributed by atoms with Crippen LogP contribution in [-0.4, -0.2) is 33.5 Å². The maximum atomic E-state index is 12.6. The summed E-state index contributed by atoms with van der Waals surface area (Å²) in [5, 5.41) is 7.04. The normalized spacial score (nSPS) is 18.7. The molecule has 1 fully saturated rings. The molecule has 3 rings (SSSR count). The first-order valence-electron chi connectivity index (χ1n) is 8.36. The number of nitrogens with zero attached hydrogens (tertiary/aromatic N) is 3. The molecule has 2 heterocycles. The Kier molecular flexibility index (Phi) is 4.66. The molecule has 0 unspecified atom stereocenters. The Bertz CT molecular complexity index is 691. The van der Waals surface area contributed by atoms with Crippen LogP contribution >= 0.6 is 0 Å². The van der Waals surface area contributed by atoms with Crippen LogP contribution in [0.4, 0.5) is 5.69 Å². The monoisotopic (exact) mass is 328 g/mol. The van der Waals surface area contributed by atoms with Crippen molar-refractivity contribution in [2.24, 2.45) is 0 Å². The van der Waals surface area contributed by atoms with Gasteiger partial charge in [0.05, 0.1) is 12.6 Å². The van der Waals surface area contributed by atoms with Gasteiger partial charge in [-0.3, -0.25) is 9.69 Å². The van der Waals surface area contributed by atoms with E-state index in [-0.39, 0.29) is 17.4 Å². The van der Waals surface area contributed by atoms with Crippen LogP contribution in [-0.2, 0) is 16.8 Å². The first-order chi connectivity index (χ1) is 11.4. The van der Waals surface area contributed by atoms with E-state index in [0.717, 1.165) is 25.1 Å². The molecule has 1 aromatic carbocycles. The van der Waals surface area contributed by atoms with Crippen molar-refractivity contribution in [3.8, 4) is 0 Å². The molecule has 0 spiro atoms. The first-order valence-corrected chi connectivity index (χ1v) is 8.36. The first kappa shape index (κ1) is 16.6. The van der Waals surface area contributed by atoms with Crippen LogP contribution in [0.5, 0.6) is 0 Å². The second-order valence-electron chi connectivity index (χ2n) is 7.25. The molecule has 0 saturated carbocycles. The molecule has 2 aromatic rings. The highest BCUT2D eigenvalue weighted by molar-refractivity contribution is 5.94. The molecule has 1 aliphatic heterocycles. The van der Waals surface area contributed by atoms with Crippen molar-refractivity contribution in [3.63, 3.8) is 0 Å². The van der Waals surface area contributed by atoms with Crippen molar-refractivity contribution in [3.05, 3.63) is 42.0 Å². The summed E-state index contributed by atoms with van der Waals surface area (Å²) in [6.07, 6.45) is 1.84. The van der Waals surface area contributed by atoms with Crippen LogP contribution in [0.15, 0.2) is 34.9 Å². The molecule has 1 N–H and O–H groups in total. The highest BCUT2D eigenvalue weighted by Crippen LogP contribution is 2.23. The molecule has 6 nitrogen and oxygen atoms in total. The minimum atomic E-state index is -0.157. The van der Waals surface area contributed by atoms with Gasteiger partial charge >= 0.3 is 0 Å². The number of amides is 1. The summed E-state index contributed by atoms with van der Waals surface area (Å²) < 4.78 is 5.36. The van der Waals surface area contributed by atoms with E-state index in [2.05, 4.69) is 20.4 Å². The van der Waals surface area contributed by atoms with E-state index in [1.807, 2.05) is 51.1 Å². The van der Waals surface area contributed by atoms with Crippen molar-refractivity contribution in [2.45, 2.75) is 51.6 Å². The minimum Gasteiger partial charge on any atom is -0.338 e. The third-order valence-corrected chi connectivity index (χ3v) is 4.18. The van der Waals surface area contributed by atoms with E-state index < -0.39 is 0 Å². The third-order valence-electron chi connectivity index (χ3n) is 4.18. The number of benzene rings is 1. The summed E-state index contributed by atoms with van der Waals surface area (Å²) in [5.41, 5.74) is 0.679. The fourth-order valence-electron chi connectivity index (χ4n) is 2.86. The molecule has 0 aliphatic carbocycles. The Hall–Kier alpha value is -2.21. The maximum Gasteiger partial charge on any atom is 0.241 e. The van der Waals surface area contributed by atoms with Gasteiger partial charge < -0.3 is 9.84 Å². The van der Waals surface area contributed by atoms with Crippen molar-refractivity contribution in [1.82, 2.24) is 15.0 Å². The molecule has 1 aliphatic rings. The van der Waals surface area contributed by atoms with Crippen LogP contribution in [0.25, 0.3) is 0 Å². The highest BCUT2D eigenvalue weighted by Gasteiger charge is 2.32. The van der Waals surface area contributed by atoms with Crippen molar-refractivity contribution < 1.29 is 9.32 Å². The number of aromatic nitrogens is 2. The van der Waals surface area contributed by atoms with Crippen molar-refractivity contribution in [1.29, 1.82) is 0 Å². The van der Waals surface area contributed by atoms with Gasteiger partial charge in [-0.15, -0.1) is 0 Å². The number of carbonyl (C=O) groups is 1. The minimum absolute atomic E-state index is 0.0225. The van der Waals surface area contributed by atoms with E-state index in [1.165, 1.54) is 0 Å². The summed E-state index contributed by atoms with van der Waals surface area (Å²) in [6, 6.07) is 9.38. The number of likely N-dealkylation sites (tertiary alicyclic amines) is 1. The zero-order valence-electron chi connectivity index (χ0n) is 14.5. The van der Waals surface area contributed by atoms with Crippen LogP contribution in [0.1, 0.15) is 45.3 Å². The van der Waals surface area contributed by atoms with E-state index in [9.17, 15) is 4.79 Å².